The summed E-state index contributed by atoms with van der Waals surface area (Å²) in [5.74, 6) is -1.46. The van der Waals surface area contributed by atoms with Gasteiger partial charge in [0.1, 0.15) is 5.54 Å². The monoisotopic (exact) mass is 279 g/mol. The first-order valence-corrected chi connectivity index (χ1v) is 6.73. The number of hydrogen-bond acceptors (Lipinski definition) is 4. The van der Waals surface area contributed by atoms with E-state index in [1.54, 1.807) is 13.0 Å². The summed E-state index contributed by atoms with van der Waals surface area (Å²) < 4.78 is 0. The zero-order valence-corrected chi connectivity index (χ0v) is 12.4. The molecule has 0 bridgehead atoms. The van der Waals surface area contributed by atoms with Gasteiger partial charge in [0, 0.05) is 0 Å². The first-order chi connectivity index (χ1) is 9.34. The number of aliphatic carboxylic acids is 1. The maximum Gasteiger partial charge on any atom is 0.329 e. The number of nitrogens with one attached hydrogen (secondary N) is 1. The lowest BCUT2D eigenvalue weighted by Gasteiger charge is -2.26. The number of carboxylic acid groups (broad SMARTS) is 1. The fraction of sp³-hybridized carbons (Fsp3) is 0.571. The number of aryl methyl sites for hydroxylation is 2. The molecule has 0 spiro atoms. The van der Waals surface area contributed by atoms with Crippen LogP contribution in [-0.4, -0.2) is 32.7 Å². The van der Waals surface area contributed by atoms with Crippen LogP contribution in [0.2, 0.25) is 0 Å². The molecule has 6 nitrogen and oxygen atoms in total. The highest BCUT2D eigenvalue weighted by Crippen LogP contribution is 2.15. The van der Waals surface area contributed by atoms with Crippen LogP contribution in [0.25, 0.3) is 0 Å². The molecular formula is C14H21N3O3. The van der Waals surface area contributed by atoms with Crippen LogP contribution in [0.3, 0.4) is 0 Å². The van der Waals surface area contributed by atoms with Gasteiger partial charge in [0.15, 0.2) is 0 Å². The van der Waals surface area contributed by atoms with E-state index in [1.807, 2.05) is 13.8 Å². The third kappa shape index (κ3) is 3.53. The van der Waals surface area contributed by atoms with E-state index in [9.17, 15) is 14.7 Å². The van der Waals surface area contributed by atoms with Crippen LogP contribution in [0.15, 0.2) is 6.07 Å². The van der Waals surface area contributed by atoms with E-state index in [1.165, 1.54) is 6.92 Å². The van der Waals surface area contributed by atoms with Crippen molar-refractivity contribution >= 4 is 11.9 Å². The van der Waals surface area contributed by atoms with Crippen molar-refractivity contribution in [3.05, 3.63) is 23.0 Å². The first-order valence-electron chi connectivity index (χ1n) is 6.73. The second-order valence-electron chi connectivity index (χ2n) is 5.04. The van der Waals surface area contributed by atoms with Crippen LogP contribution in [-0.2, 0) is 11.2 Å². The maximum absolute atomic E-state index is 12.3. The van der Waals surface area contributed by atoms with E-state index in [0.29, 0.717) is 36.2 Å². The SMILES string of the molecule is CCCC(C)(NC(=O)c1cc(C)nnc1CC)C(=O)O. The van der Waals surface area contributed by atoms with Crippen molar-refractivity contribution < 1.29 is 14.7 Å². The molecule has 0 saturated heterocycles. The van der Waals surface area contributed by atoms with E-state index < -0.39 is 17.4 Å². The average molecular weight is 279 g/mol. The lowest BCUT2D eigenvalue weighted by Crippen LogP contribution is -2.52. The molecule has 0 saturated carbocycles. The molecule has 1 aromatic heterocycles. The molecule has 20 heavy (non-hydrogen) atoms. The molecule has 0 aliphatic heterocycles. The Labute approximate surface area is 118 Å². The molecule has 1 atom stereocenters. The Morgan fingerprint density at radius 2 is 2.00 bits per heavy atom. The third-order valence-corrected chi connectivity index (χ3v) is 3.18. The Kier molecular flexibility index (Phi) is 5.19. The van der Waals surface area contributed by atoms with Gasteiger partial charge < -0.3 is 10.4 Å². The zero-order valence-electron chi connectivity index (χ0n) is 12.4. The molecule has 6 heteroatoms. The van der Waals surface area contributed by atoms with Crippen molar-refractivity contribution in [2.45, 2.75) is 52.5 Å². The van der Waals surface area contributed by atoms with Crippen LogP contribution in [0.5, 0.6) is 0 Å². The Bertz CT molecular complexity index is 516. The molecule has 0 fully saturated rings. The Balaban J connectivity index is 3.06. The van der Waals surface area contributed by atoms with Gasteiger partial charge >= 0.3 is 5.97 Å². The first kappa shape index (κ1) is 16.1. The molecule has 1 aromatic rings. The molecule has 1 rings (SSSR count). The lowest BCUT2D eigenvalue weighted by molar-refractivity contribution is -0.144. The third-order valence-electron chi connectivity index (χ3n) is 3.18. The van der Waals surface area contributed by atoms with Crippen molar-refractivity contribution in [2.24, 2.45) is 0 Å². The van der Waals surface area contributed by atoms with Crippen molar-refractivity contribution in [3.63, 3.8) is 0 Å². The van der Waals surface area contributed by atoms with Gasteiger partial charge in [0.25, 0.3) is 5.91 Å². The summed E-state index contributed by atoms with van der Waals surface area (Å²) in [4.78, 5) is 23.7. The minimum Gasteiger partial charge on any atom is -0.480 e. The van der Waals surface area contributed by atoms with Gasteiger partial charge in [-0.05, 0) is 32.8 Å². The highest BCUT2D eigenvalue weighted by atomic mass is 16.4. The fourth-order valence-electron chi connectivity index (χ4n) is 2.01. The molecule has 0 aliphatic carbocycles. The summed E-state index contributed by atoms with van der Waals surface area (Å²) in [5, 5.41) is 19.8. The van der Waals surface area contributed by atoms with Crippen LogP contribution in [0.1, 0.15) is 55.4 Å². The van der Waals surface area contributed by atoms with E-state index in [2.05, 4.69) is 15.5 Å². The van der Waals surface area contributed by atoms with Gasteiger partial charge in [-0.15, -0.1) is 0 Å². The summed E-state index contributed by atoms with van der Waals surface area (Å²) in [5.41, 5.74) is 0.314. The van der Waals surface area contributed by atoms with Gasteiger partial charge in [-0.1, -0.05) is 20.3 Å². The summed E-state index contributed by atoms with van der Waals surface area (Å²) in [6.07, 6.45) is 1.60. The van der Waals surface area contributed by atoms with Crippen LogP contribution < -0.4 is 5.32 Å². The summed E-state index contributed by atoms with van der Waals surface area (Å²) >= 11 is 0. The molecule has 2 N–H and O–H groups in total. The highest BCUT2D eigenvalue weighted by molar-refractivity contribution is 5.98. The molecule has 1 amide bonds. The summed E-state index contributed by atoms with van der Waals surface area (Å²) in [6.45, 7) is 7.01. The molecule has 110 valence electrons. The molecular weight excluding hydrogens is 258 g/mol. The van der Waals surface area contributed by atoms with Crippen molar-refractivity contribution in [1.82, 2.24) is 15.5 Å². The number of hydrogen-bond donors (Lipinski definition) is 2. The topological polar surface area (TPSA) is 92.2 Å². The van der Waals surface area contributed by atoms with Gasteiger partial charge in [-0.25, -0.2) is 4.79 Å². The van der Waals surface area contributed by atoms with Gasteiger partial charge in [-0.2, -0.15) is 10.2 Å². The number of aromatic nitrogens is 2. The molecule has 0 aromatic carbocycles. The standard InChI is InChI=1S/C14H21N3O3/c1-5-7-14(4,13(19)20)15-12(18)10-8-9(3)16-17-11(10)6-2/h8H,5-7H2,1-4H3,(H,15,18)(H,19,20). The number of rotatable bonds is 6. The maximum atomic E-state index is 12.3. The minimum absolute atomic E-state index is 0.368. The Hall–Kier alpha value is -1.98. The lowest BCUT2D eigenvalue weighted by atomic mass is 9.95. The normalized spacial score (nSPS) is 13.6. The largest absolute Gasteiger partial charge is 0.480 e. The van der Waals surface area contributed by atoms with Gasteiger partial charge in [0.2, 0.25) is 0 Å². The van der Waals surface area contributed by atoms with Crippen LogP contribution in [0, 0.1) is 6.92 Å². The summed E-state index contributed by atoms with van der Waals surface area (Å²) in [6, 6.07) is 1.63. The molecule has 1 heterocycles. The second kappa shape index (κ2) is 6.45. The van der Waals surface area contributed by atoms with E-state index >= 15 is 0 Å². The predicted octanol–water partition coefficient (Wildman–Crippen LogP) is 1.72. The van der Waals surface area contributed by atoms with Gasteiger partial charge in [-0.3, -0.25) is 4.79 Å². The van der Waals surface area contributed by atoms with E-state index in [-0.39, 0.29) is 0 Å². The molecule has 1 unspecified atom stereocenters. The minimum atomic E-state index is -1.27. The fourth-order valence-corrected chi connectivity index (χ4v) is 2.01. The highest BCUT2D eigenvalue weighted by Gasteiger charge is 2.34. The Morgan fingerprint density at radius 1 is 1.35 bits per heavy atom. The predicted molar refractivity (Wildman–Crippen MR) is 74.6 cm³/mol. The smallest absolute Gasteiger partial charge is 0.329 e. The van der Waals surface area contributed by atoms with E-state index in [0.717, 1.165) is 0 Å². The quantitative estimate of drug-likeness (QED) is 0.827. The van der Waals surface area contributed by atoms with Crippen molar-refractivity contribution in [1.29, 1.82) is 0 Å². The zero-order chi connectivity index (χ0) is 15.3. The Morgan fingerprint density at radius 3 is 2.50 bits per heavy atom. The van der Waals surface area contributed by atoms with Crippen LogP contribution >= 0.6 is 0 Å². The second-order valence-corrected chi connectivity index (χ2v) is 5.04. The van der Waals surface area contributed by atoms with E-state index in [4.69, 9.17) is 0 Å². The van der Waals surface area contributed by atoms with Gasteiger partial charge in [0.05, 0.1) is 17.0 Å². The number of nitrogens with zero attached hydrogens (tertiary/aromatic N) is 2. The average Bonchev–Trinajstić information content (AvgIpc) is 2.38. The van der Waals surface area contributed by atoms with Crippen molar-refractivity contribution in [2.75, 3.05) is 0 Å². The summed E-state index contributed by atoms with van der Waals surface area (Å²) in [7, 11) is 0. The van der Waals surface area contributed by atoms with Crippen molar-refractivity contribution in [3.8, 4) is 0 Å². The number of carbonyl (C=O) groups is 2. The molecule has 0 aliphatic rings. The number of carbonyl (C=O) groups excluding carboxylic acids is 1. The number of carboxylic acids is 1. The molecule has 0 radical (unpaired) electrons. The number of amides is 1. The van der Waals surface area contributed by atoms with Crippen LogP contribution in [0.4, 0.5) is 0 Å².